The lowest BCUT2D eigenvalue weighted by Gasteiger charge is -1.96. The molecular weight excluding hydrogens is 218 g/mol. The molecule has 0 saturated heterocycles. The molecule has 1 N–H and O–H groups in total. The fourth-order valence-corrected chi connectivity index (χ4v) is 1.48. The van der Waals surface area contributed by atoms with Crippen molar-refractivity contribution in [2.24, 2.45) is 0 Å². The zero-order valence-corrected chi connectivity index (χ0v) is 8.14. The van der Waals surface area contributed by atoms with Gasteiger partial charge in [0.05, 0.1) is 6.20 Å². The van der Waals surface area contributed by atoms with Crippen LogP contribution in [0.4, 0.5) is 0 Å². The monoisotopic (exact) mass is 223 g/mol. The Kier molecular flexibility index (Phi) is 2.64. The maximum absolute atomic E-state index is 10.6. The van der Waals surface area contributed by atoms with Crippen molar-refractivity contribution >= 4 is 17.7 Å². The molecule has 2 heterocycles. The number of hydrogen-bond acceptors (Lipinski definition) is 6. The van der Waals surface area contributed by atoms with Crippen molar-refractivity contribution in [3.8, 4) is 0 Å². The SMILES string of the molecule is O=C(O)c1ccnc(Sc2ncco2)n1. The number of nitrogens with zero attached hydrogens (tertiary/aromatic N) is 3. The van der Waals surface area contributed by atoms with Crippen LogP contribution < -0.4 is 0 Å². The Balaban J connectivity index is 2.22. The highest BCUT2D eigenvalue weighted by Crippen LogP contribution is 2.21. The molecule has 2 rings (SSSR count). The van der Waals surface area contributed by atoms with Crippen molar-refractivity contribution in [1.29, 1.82) is 0 Å². The highest BCUT2D eigenvalue weighted by Gasteiger charge is 2.09. The molecule has 0 saturated carbocycles. The number of rotatable bonds is 3. The van der Waals surface area contributed by atoms with Gasteiger partial charge in [-0.05, 0) is 6.07 Å². The maximum Gasteiger partial charge on any atom is 0.354 e. The van der Waals surface area contributed by atoms with Gasteiger partial charge in [0, 0.05) is 18.0 Å². The third-order valence-electron chi connectivity index (χ3n) is 1.44. The van der Waals surface area contributed by atoms with E-state index < -0.39 is 5.97 Å². The molecule has 0 aromatic carbocycles. The molecule has 6 nitrogen and oxygen atoms in total. The number of oxazole rings is 1. The van der Waals surface area contributed by atoms with E-state index >= 15 is 0 Å². The van der Waals surface area contributed by atoms with E-state index in [4.69, 9.17) is 9.52 Å². The van der Waals surface area contributed by atoms with E-state index in [1.54, 1.807) is 0 Å². The Labute approximate surface area is 88.4 Å². The summed E-state index contributed by atoms with van der Waals surface area (Å²) in [5.74, 6) is -1.09. The molecule has 76 valence electrons. The van der Waals surface area contributed by atoms with Gasteiger partial charge in [0.1, 0.15) is 6.26 Å². The summed E-state index contributed by atoms with van der Waals surface area (Å²) in [6.45, 7) is 0. The molecule has 2 aromatic heterocycles. The first-order chi connectivity index (χ1) is 7.25. The normalized spacial score (nSPS) is 10.1. The number of carboxylic acids is 1. The molecule has 0 radical (unpaired) electrons. The minimum absolute atomic E-state index is 0.0564. The van der Waals surface area contributed by atoms with Crippen molar-refractivity contribution < 1.29 is 14.3 Å². The molecule has 7 heteroatoms. The molecule has 0 amide bonds. The zero-order valence-electron chi connectivity index (χ0n) is 7.32. The van der Waals surface area contributed by atoms with Gasteiger partial charge in [-0.25, -0.2) is 19.7 Å². The largest absolute Gasteiger partial charge is 0.477 e. The molecule has 0 unspecified atom stereocenters. The first-order valence-electron chi connectivity index (χ1n) is 3.89. The predicted molar refractivity (Wildman–Crippen MR) is 49.6 cm³/mol. The van der Waals surface area contributed by atoms with Gasteiger partial charge in [-0.15, -0.1) is 0 Å². The van der Waals surface area contributed by atoms with Gasteiger partial charge in [0.25, 0.3) is 5.22 Å². The van der Waals surface area contributed by atoms with Crippen LogP contribution in [-0.4, -0.2) is 26.0 Å². The maximum atomic E-state index is 10.6. The average molecular weight is 223 g/mol. The highest BCUT2D eigenvalue weighted by molar-refractivity contribution is 7.98. The Bertz CT molecular complexity index is 472. The molecule has 2 aromatic rings. The smallest absolute Gasteiger partial charge is 0.354 e. The molecule has 0 aliphatic heterocycles. The summed E-state index contributed by atoms with van der Waals surface area (Å²) in [4.78, 5) is 22.2. The van der Waals surface area contributed by atoms with Crippen molar-refractivity contribution in [3.63, 3.8) is 0 Å². The van der Waals surface area contributed by atoms with Gasteiger partial charge in [-0.3, -0.25) is 0 Å². The van der Waals surface area contributed by atoms with Gasteiger partial charge in [0.15, 0.2) is 10.9 Å². The minimum Gasteiger partial charge on any atom is -0.477 e. The van der Waals surface area contributed by atoms with Crippen LogP contribution in [0.15, 0.2) is 39.5 Å². The quantitative estimate of drug-likeness (QED) is 0.784. The van der Waals surface area contributed by atoms with E-state index in [-0.39, 0.29) is 10.9 Å². The van der Waals surface area contributed by atoms with Crippen molar-refractivity contribution in [1.82, 2.24) is 15.0 Å². The molecule has 0 atom stereocenters. The Morgan fingerprint density at radius 2 is 2.27 bits per heavy atom. The molecule has 15 heavy (non-hydrogen) atoms. The second-order valence-corrected chi connectivity index (χ2v) is 3.35. The van der Waals surface area contributed by atoms with E-state index in [2.05, 4.69) is 15.0 Å². The van der Waals surface area contributed by atoms with E-state index in [9.17, 15) is 4.79 Å². The molecule has 0 spiro atoms. The zero-order chi connectivity index (χ0) is 10.7. The van der Waals surface area contributed by atoms with Crippen LogP contribution in [0.25, 0.3) is 0 Å². The van der Waals surface area contributed by atoms with Crippen LogP contribution in [0.5, 0.6) is 0 Å². The van der Waals surface area contributed by atoms with Gasteiger partial charge < -0.3 is 9.52 Å². The molecule has 0 bridgehead atoms. The summed E-state index contributed by atoms with van der Waals surface area (Å²) < 4.78 is 4.96. The summed E-state index contributed by atoms with van der Waals surface area (Å²) in [5, 5.41) is 9.36. The van der Waals surface area contributed by atoms with Gasteiger partial charge in [-0.1, -0.05) is 0 Å². The summed E-state index contributed by atoms with van der Waals surface area (Å²) in [7, 11) is 0. The molecule has 0 aliphatic rings. The van der Waals surface area contributed by atoms with Gasteiger partial charge in [0.2, 0.25) is 0 Å². The van der Waals surface area contributed by atoms with Crippen LogP contribution in [0.3, 0.4) is 0 Å². The average Bonchev–Trinajstić information content (AvgIpc) is 2.71. The summed E-state index contributed by atoms with van der Waals surface area (Å²) in [6.07, 6.45) is 4.29. The Morgan fingerprint density at radius 1 is 1.40 bits per heavy atom. The number of aromatic nitrogens is 3. The lowest BCUT2D eigenvalue weighted by molar-refractivity contribution is 0.0689. The van der Waals surface area contributed by atoms with E-state index in [0.29, 0.717) is 5.22 Å². The first kappa shape index (κ1) is 9.66. The van der Waals surface area contributed by atoms with Crippen LogP contribution in [-0.2, 0) is 0 Å². The predicted octanol–water partition coefficient (Wildman–Crippen LogP) is 1.31. The summed E-state index contributed by atoms with van der Waals surface area (Å²) in [5.41, 5.74) is -0.0564. The minimum atomic E-state index is -1.09. The fourth-order valence-electron chi connectivity index (χ4n) is 0.848. The second kappa shape index (κ2) is 4.09. The number of aromatic carboxylic acids is 1. The van der Waals surface area contributed by atoms with Crippen molar-refractivity contribution in [2.75, 3.05) is 0 Å². The van der Waals surface area contributed by atoms with Crippen molar-refractivity contribution in [3.05, 3.63) is 30.4 Å². The fraction of sp³-hybridized carbons (Fsp3) is 0. The van der Waals surface area contributed by atoms with Crippen LogP contribution >= 0.6 is 11.8 Å². The first-order valence-corrected chi connectivity index (χ1v) is 4.71. The third-order valence-corrected chi connectivity index (χ3v) is 2.20. The molecular formula is C8H5N3O3S. The topological polar surface area (TPSA) is 89.1 Å². The Hall–Kier alpha value is -1.89. The lowest BCUT2D eigenvalue weighted by Crippen LogP contribution is -2.01. The molecule has 0 aliphatic carbocycles. The lowest BCUT2D eigenvalue weighted by atomic mass is 10.4. The standard InChI is InChI=1S/C8H5N3O3S/c12-6(13)5-1-2-9-7(11-5)15-8-10-3-4-14-8/h1-4H,(H,12,13). The number of hydrogen-bond donors (Lipinski definition) is 1. The highest BCUT2D eigenvalue weighted by atomic mass is 32.2. The van der Waals surface area contributed by atoms with E-state index in [0.717, 1.165) is 11.8 Å². The second-order valence-electron chi connectivity index (χ2n) is 2.43. The third kappa shape index (κ3) is 2.32. The van der Waals surface area contributed by atoms with Crippen LogP contribution in [0, 0.1) is 0 Å². The van der Waals surface area contributed by atoms with Crippen molar-refractivity contribution in [2.45, 2.75) is 10.4 Å². The van der Waals surface area contributed by atoms with Gasteiger partial charge in [-0.2, -0.15) is 0 Å². The van der Waals surface area contributed by atoms with E-state index in [1.165, 1.54) is 24.7 Å². The molecule has 0 fully saturated rings. The summed E-state index contributed by atoms with van der Waals surface area (Å²) >= 11 is 1.06. The van der Waals surface area contributed by atoms with Gasteiger partial charge >= 0.3 is 5.97 Å². The number of carbonyl (C=O) groups is 1. The van der Waals surface area contributed by atoms with Crippen LogP contribution in [0.1, 0.15) is 10.5 Å². The Morgan fingerprint density at radius 3 is 2.93 bits per heavy atom. The van der Waals surface area contributed by atoms with E-state index in [1.807, 2.05) is 0 Å². The van der Waals surface area contributed by atoms with Crippen LogP contribution in [0.2, 0.25) is 0 Å². The summed E-state index contributed by atoms with van der Waals surface area (Å²) in [6, 6.07) is 1.32. The number of carboxylic acid groups (broad SMARTS) is 1.